The van der Waals surface area contributed by atoms with E-state index in [0.717, 1.165) is 17.3 Å². The van der Waals surface area contributed by atoms with Crippen LogP contribution in [0.15, 0.2) is 29.6 Å². The third-order valence-corrected chi connectivity index (χ3v) is 5.25. The monoisotopic (exact) mass is 290 g/mol. The standard InChI is InChI=1S/C15H22N4S/c1-2-10-16-12-7-3-4-8-13(12)20-15-18-17-14-9-5-6-11-19(14)15/h5-6,9,11-13,16H,2-4,7-8,10H2,1H3. The number of fused-ring (bicyclic) bond motifs is 1. The highest BCUT2D eigenvalue weighted by molar-refractivity contribution is 7.99. The van der Waals surface area contributed by atoms with Gasteiger partial charge in [-0.05, 0) is 37.9 Å². The van der Waals surface area contributed by atoms with E-state index in [2.05, 4.69) is 33.0 Å². The number of hydrogen-bond donors (Lipinski definition) is 1. The van der Waals surface area contributed by atoms with Crippen LogP contribution in [0.25, 0.3) is 5.65 Å². The number of hydrogen-bond acceptors (Lipinski definition) is 4. The second-order valence-corrected chi connectivity index (χ2v) is 6.62. The Hall–Kier alpha value is -1.07. The Morgan fingerprint density at radius 1 is 1.30 bits per heavy atom. The lowest BCUT2D eigenvalue weighted by molar-refractivity contribution is 0.384. The molecule has 1 aliphatic rings. The minimum atomic E-state index is 0.614. The van der Waals surface area contributed by atoms with E-state index in [0.29, 0.717) is 11.3 Å². The summed E-state index contributed by atoms with van der Waals surface area (Å²) >= 11 is 1.89. The zero-order valence-electron chi connectivity index (χ0n) is 12.0. The van der Waals surface area contributed by atoms with Gasteiger partial charge >= 0.3 is 0 Å². The molecule has 2 heterocycles. The summed E-state index contributed by atoms with van der Waals surface area (Å²) in [6.07, 6.45) is 8.48. The highest BCUT2D eigenvalue weighted by Crippen LogP contribution is 2.33. The molecule has 108 valence electrons. The fraction of sp³-hybridized carbons (Fsp3) is 0.600. The average Bonchev–Trinajstić information content (AvgIpc) is 2.90. The average molecular weight is 290 g/mol. The summed E-state index contributed by atoms with van der Waals surface area (Å²) in [5.74, 6) is 0. The van der Waals surface area contributed by atoms with Gasteiger partial charge in [0.15, 0.2) is 10.8 Å². The van der Waals surface area contributed by atoms with Gasteiger partial charge in [0.2, 0.25) is 0 Å². The van der Waals surface area contributed by atoms with Crippen LogP contribution in [-0.2, 0) is 0 Å². The maximum Gasteiger partial charge on any atom is 0.195 e. The van der Waals surface area contributed by atoms with Crippen LogP contribution in [0.2, 0.25) is 0 Å². The van der Waals surface area contributed by atoms with E-state index >= 15 is 0 Å². The maximum atomic E-state index is 4.35. The van der Waals surface area contributed by atoms with Gasteiger partial charge < -0.3 is 5.32 Å². The van der Waals surface area contributed by atoms with E-state index in [1.165, 1.54) is 32.1 Å². The van der Waals surface area contributed by atoms with Crippen LogP contribution in [0.3, 0.4) is 0 Å². The van der Waals surface area contributed by atoms with Gasteiger partial charge in [-0.2, -0.15) is 0 Å². The van der Waals surface area contributed by atoms with Crippen LogP contribution in [0.5, 0.6) is 0 Å². The van der Waals surface area contributed by atoms with Crippen LogP contribution in [0, 0.1) is 0 Å². The van der Waals surface area contributed by atoms with E-state index in [1.807, 2.05) is 30.0 Å². The van der Waals surface area contributed by atoms with E-state index in [4.69, 9.17) is 0 Å². The predicted octanol–water partition coefficient (Wildman–Crippen LogP) is 3.13. The lowest BCUT2D eigenvalue weighted by Crippen LogP contribution is -2.40. The highest BCUT2D eigenvalue weighted by atomic mass is 32.2. The first-order chi connectivity index (χ1) is 9.88. The summed E-state index contributed by atoms with van der Waals surface area (Å²) < 4.78 is 2.09. The Morgan fingerprint density at radius 2 is 2.20 bits per heavy atom. The van der Waals surface area contributed by atoms with Gasteiger partial charge in [-0.1, -0.05) is 37.6 Å². The van der Waals surface area contributed by atoms with Crippen molar-refractivity contribution in [3.8, 4) is 0 Å². The Bertz CT molecular complexity index is 554. The van der Waals surface area contributed by atoms with Crippen LogP contribution in [0.1, 0.15) is 39.0 Å². The second kappa shape index (κ2) is 6.59. The SMILES string of the molecule is CCCNC1CCCCC1Sc1nnc2ccccn12. The maximum absolute atomic E-state index is 4.35. The first-order valence-corrected chi connectivity index (χ1v) is 8.46. The summed E-state index contributed by atoms with van der Waals surface area (Å²) in [5.41, 5.74) is 0.934. The normalized spacial score (nSPS) is 23.2. The minimum absolute atomic E-state index is 0.614. The lowest BCUT2D eigenvalue weighted by Gasteiger charge is -2.31. The minimum Gasteiger partial charge on any atom is -0.313 e. The van der Waals surface area contributed by atoms with Gasteiger partial charge in [-0.3, -0.25) is 4.40 Å². The van der Waals surface area contributed by atoms with Crippen molar-refractivity contribution in [1.29, 1.82) is 0 Å². The Morgan fingerprint density at radius 3 is 3.10 bits per heavy atom. The first-order valence-electron chi connectivity index (χ1n) is 7.58. The summed E-state index contributed by atoms with van der Waals surface area (Å²) in [4.78, 5) is 0. The summed E-state index contributed by atoms with van der Waals surface area (Å²) in [6, 6.07) is 6.66. The molecule has 3 rings (SSSR count). The van der Waals surface area contributed by atoms with Gasteiger partial charge in [0, 0.05) is 17.5 Å². The van der Waals surface area contributed by atoms with Crippen molar-refractivity contribution in [2.75, 3.05) is 6.54 Å². The second-order valence-electron chi connectivity index (χ2n) is 5.41. The van der Waals surface area contributed by atoms with Crippen molar-refractivity contribution >= 4 is 17.4 Å². The number of aromatic nitrogens is 3. The summed E-state index contributed by atoms with van der Waals surface area (Å²) in [6.45, 7) is 3.34. The molecule has 0 amide bonds. The number of pyridine rings is 1. The highest BCUT2D eigenvalue weighted by Gasteiger charge is 2.26. The van der Waals surface area contributed by atoms with Gasteiger partial charge in [0.05, 0.1) is 0 Å². The molecule has 2 aromatic rings. The quantitative estimate of drug-likeness (QED) is 0.918. The van der Waals surface area contributed by atoms with E-state index in [-0.39, 0.29) is 0 Å². The smallest absolute Gasteiger partial charge is 0.195 e. The Labute approximate surface area is 124 Å². The lowest BCUT2D eigenvalue weighted by atomic mass is 9.95. The number of nitrogens with one attached hydrogen (secondary N) is 1. The third kappa shape index (κ3) is 2.99. The topological polar surface area (TPSA) is 42.2 Å². The summed E-state index contributed by atoms with van der Waals surface area (Å²) in [5, 5.41) is 13.9. The third-order valence-electron chi connectivity index (χ3n) is 3.90. The molecule has 0 aromatic carbocycles. The molecule has 0 spiro atoms. The number of thioether (sulfide) groups is 1. The molecule has 0 aliphatic heterocycles. The molecule has 1 N–H and O–H groups in total. The fourth-order valence-electron chi connectivity index (χ4n) is 2.84. The van der Waals surface area contributed by atoms with E-state index < -0.39 is 0 Å². The Balaban J connectivity index is 1.74. The summed E-state index contributed by atoms with van der Waals surface area (Å²) in [7, 11) is 0. The predicted molar refractivity (Wildman–Crippen MR) is 83.2 cm³/mol. The molecule has 5 heteroatoms. The molecule has 2 aromatic heterocycles. The van der Waals surface area contributed by atoms with E-state index in [1.54, 1.807) is 0 Å². The molecule has 1 fully saturated rings. The molecule has 2 unspecified atom stereocenters. The van der Waals surface area contributed by atoms with Crippen molar-refractivity contribution in [3.63, 3.8) is 0 Å². The molecule has 0 radical (unpaired) electrons. The van der Waals surface area contributed by atoms with Gasteiger partial charge in [0.25, 0.3) is 0 Å². The molecule has 2 atom stereocenters. The molecular formula is C15H22N4S. The van der Waals surface area contributed by atoms with Crippen LogP contribution in [-0.4, -0.2) is 32.4 Å². The van der Waals surface area contributed by atoms with Gasteiger partial charge in [0.1, 0.15) is 0 Å². The van der Waals surface area contributed by atoms with Crippen molar-refractivity contribution in [3.05, 3.63) is 24.4 Å². The Kier molecular flexibility index (Phi) is 4.58. The largest absolute Gasteiger partial charge is 0.313 e. The van der Waals surface area contributed by atoms with Crippen molar-refractivity contribution in [2.24, 2.45) is 0 Å². The fourth-order valence-corrected chi connectivity index (χ4v) is 4.14. The number of nitrogens with zero attached hydrogens (tertiary/aromatic N) is 3. The van der Waals surface area contributed by atoms with Crippen molar-refractivity contribution in [1.82, 2.24) is 19.9 Å². The van der Waals surface area contributed by atoms with Crippen LogP contribution < -0.4 is 5.32 Å². The van der Waals surface area contributed by atoms with E-state index in [9.17, 15) is 0 Å². The first kappa shape index (κ1) is 13.9. The molecule has 20 heavy (non-hydrogen) atoms. The molecular weight excluding hydrogens is 268 g/mol. The van der Waals surface area contributed by atoms with Gasteiger partial charge in [-0.25, -0.2) is 0 Å². The zero-order chi connectivity index (χ0) is 13.8. The molecule has 4 nitrogen and oxygen atoms in total. The number of rotatable bonds is 5. The zero-order valence-corrected chi connectivity index (χ0v) is 12.8. The molecule has 0 bridgehead atoms. The van der Waals surface area contributed by atoms with Crippen LogP contribution >= 0.6 is 11.8 Å². The van der Waals surface area contributed by atoms with Crippen LogP contribution in [0.4, 0.5) is 0 Å². The molecule has 1 saturated carbocycles. The molecule has 0 saturated heterocycles. The molecule has 1 aliphatic carbocycles. The van der Waals surface area contributed by atoms with Crippen molar-refractivity contribution < 1.29 is 0 Å². The van der Waals surface area contributed by atoms with Crippen molar-refractivity contribution in [2.45, 2.75) is 55.5 Å². The van der Waals surface area contributed by atoms with Gasteiger partial charge in [-0.15, -0.1) is 10.2 Å².